The Hall–Kier alpha value is -1.60. The van der Waals surface area contributed by atoms with E-state index in [0.29, 0.717) is 11.5 Å². The van der Waals surface area contributed by atoms with Crippen LogP contribution in [0.4, 0.5) is 0 Å². The summed E-state index contributed by atoms with van der Waals surface area (Å²) in [6, 6.07) is 3.66. The lowest BCUT2D eigenvalue weighted by atomic mass is 10.0. The van der Waals surface area contributed by atoms with Gasteiger partial charge < -0.3 is 10.0 Å². The summed E-state index contributed by atoms with van der Waals surface area (Å²) < 4.78 is 0. The van der Waals surface area contributed by atoms with Crippen LogP contribution in [-0.4, -0.2) is 35.1 Å². The van der Waals surface area contributed by atoms with Crippen LogP contribution in [0.2, 0.25) is 0 Å². The summed E-state index contributed by atoms with van der Waals surface area (Å²) in [7, 11) is 2.08. The summed E-state index contributed by atoms with van der Waals surface area (Å²) in [6.07, 6.45) is 2.44. The summed E-state index contributed by atoms with van der Waals surface area (Å²) in [4.78, 5) is 6.42. The Balaban J connectivity index is 2.26. The van der Waals surface area contributed by atoms with Crippen LogP contribution in [0.25, 0.3) is 0 Å². The number of likely N-dealkylation sites (tertiary alicyclic amines) is 1. The summed E-state index contributed by atoms with van der Waals surface area (Å²) in [6.45, 7) is 2.04. The predicted molar refractivity (Wildman–Crippen MR) is 55.5 cm³/mol. The molecular weight excluding hydrogens is 190 g/mol. The first-order valence-corrected chi connectivity index (χ1v) is 4.98. The zero-order chi connectivity index (χ0) is 10.8. The molecule has 0 amide bonds. The first-order valence-electron chi connectivity index (χ1n) is 4.98. The highest BCUT2D eigenvalue weighted by Crippen LogP contribution is 2.27. The van der Waals surface area contributed by atoms with Gasteiger partial charge in [-0.15, -0.1) is 0 Å². The predicted octanol–water partition coefficient (Wildman–Crippen LogP) is 1.08. The molecule has 1 aliphatic rings. The average molecular weight is 203 g/mol. The van der Waals surface area contributed by atoms with Crippen LogP contribution in [0.15, 0.2) is 12.3 Å². The molecule has 1 aromatic rings. The monoisotopic (exact) mass is 203 g/mol. The van der Waals surface area contributed by atoms with E-state index in [0.717, 1.165) is 25.2 Å². The van der Waals surface area contributed by atoms with Crippen molar-refractivity contribution in [3.8, 4) is 11.8 Å². The van der Waals surface area contributed by atoms with Crippen molar-refractivity contribution in [3.05, 3.63) is 23.5 Å². The van der Waals surface area contributed by atoms with Gasteiger partial charge in [0, 0.05) is 18.2 Å². The minimum absolute atomic E-state index is 0.0346. The number of likely N-dealkylation sites (N-methyl/N-ethyl adjacent to an activating group) is 1. The van der Waals surface area contributed by atoms with E-state index in [1.807, 2.05) is 6.07 Å². The zero-order valence-corrected chi connectivity index (χ0v) is 8.64. The fourth-order valence-corrected chi connectivity index (χ4v) is 1.95. The van der Waals surface area contributed by atoms with Crippen LogP contribution in [-0.2, 0) is 0 Å². The van der Waals surface area contributed by atoms with Gasteiger partial charge in [0.1, 0.15) is 6.07 Å². The van der Waals surface area contributed by atoms with Gasteiger partial charge in [0.25, 0.3) is 0 Å². The topological polar surface area (TPSA) is 60.2 Å². The molecule has 15 heavy (non-hydrogen) atoms. The molecule has 1 aromatic heterocycles. The van der Waals surface area contributed by atoms with Crippen LogP contribution < -0.4 is 0 Å². The maximum Gasteiger partial charge on any atom is 0.151 e. The highest BCUT2D eigenvalue weighted by molar-refractivity contribution is 5.41. The Morgan fingerprint density at radius 1 is 1.67 bits per heavy atom. The molecule has 4 heteroatoms. The molecule has 1 atom stereocenters. The van der Waals surface area contributed by atoms with Crippen LogP contribution in [0.3, 0.4) is 0 Å². The molecule has 2 rings (SSSR count). The molecule has 2 heterocycles. The number of nitrogens with zero attached hydrogens (tertiary/aromatic N) is 3. The Morgan fingerprint density at radius 3 is 3.07 bits per heavy atom. The second-order valence-electron chi connectivity index (χ2n) is 3.99. The van der Waals surface area contributed by atoms with Crippen molar-refractivity contribution >= 4 is 0 Å². The van der Waals surface area contributed by atoms with Crippen molar-refractivity contribution in [2.24, 2.45) is 0 Å². The summed E-state index contributed by atoms with van der Waals surface area (Å²) in [5, 5.41) is 18.1. The molecule has 0 radical (unpaired) electrons. The summed E-state index contributed by atoms with van der Waals surface area (Å²) in [5.41, 5.74) is 1.23. The zero-order valence-electron chi connectivity index (χ0n) is 8.64. The summed E-state index contributed by atoms with van der Waals surface area (Å²) >= 11 is 0. The Kier molecular flexibility index (Phi) is 2.57. The van der Waals surface area contributed by atoms with Crippen molar-refractivity contribution in [1.29, 1.82) is 5.26 Å². The Labute approximate surface area is 88.8 Å². The summed E-state index contributed by atoms with van der Waals surface area (Å²) in [5.74, 6) is 0.357. The Morgan fingerprint density at radius 2 is 2.47 bits per heavy atom. The largest absolute Gasteiger partial charge is 0.505 e. The first-order chi connectivity index (χ1) is 7.20. The van der Waals surface area contributed by atoms with Gasteiger partial charge in [-0.2, -0.15) is 5.26 Å². The van der Waals surface area contributed by atoms with Gasteiger partial charge in [-0.05, 0) is 26.1 Å². The highest BCUT2D eigenvalue weighted by Gasteiger charge is 2.22. The van der Waals surface area contributed by atoms with E-state index in [4.69, 9.17) is 5.26 Å². The minimum Gasteiger partial charge on any atom is -0.505 e. The van der Waals surface area contributed by atoms with Gasteiger partial charge >= 0.3 is 0 Å². The molecule has 0 spiro atoms. The van der Waals surface area contributed by atoms with E-state index in [-0.39, 0.29) is 5.75 Å². The number of hydrogen-bond donors (Lipinski definition) is 1. The number of rotatable bonds is 1. The molecule has 0 aromatic carbocycles. The van der Waals surface area contributed by atoms with Gasteiger partial charge in [0.2, 0.25) is 0 Å². The van der Waals surface area contributed by atoms with Crippen molar-refractivity contribution in [2.75, 3.05) is 20.1 Å². The maximum absolute atomic E-state index is 9.33. The number of hydrogen-bond acceptors (Lipinski definition) is 4. The Bertz CT molecular complexity index is 411. The first kappa shape index (κ1) is 9.94. The molecule has 1 unspecified atom stereocenters. The van der Waals surface area contributed by atoms with Gasteiger partial charge in [-0.1, -0.05) is 0 Å². The number of pyridine rings is 1. The lowest BCUT2D eigenvalue weighted by molar-refractivity contribution is 0.410. The van der Waals surface area contributed by atoms with Crippen molar-refractivity contribution in [1.82, 2.24) is 9.88 Å². The van der Waals surface area contributed by atoms with Gasteiger partial charge in [0.15, 0.2) is 5.75 Å². The lowest BCUT2D eigenvalue weighted by Crippen LogP contribution is -2.13. The number of aromatic nitrogens is 1. The van der Waals surface area contributed by atoms with E-state index < -0.39 is 0 Å². The molecule has 4 nitrogen and oxygen atoms in total. The van der Waals surface area contributed by atoms with Crippen LogP contribution in [0.5, 0.6) is 5.75 Å². The van der Waals surface area contributed by atoms with Gasteiger partial charge in [-0.25, -0.2) is 0 Å². The quantitative estimate of drug-likeness (QED) is 0.742. The molecule has 1 aliphatic heterocycles. The van der Waals surface area contributed by atoms with E-state index in [9.17, 15) is 5.11 Å². The molecule has 1 saturated heterocycles. The van der Waals surface area contributed by atoms with Crippen molar-refractivity contribution in [3.63, 3.8) is 0 Å². The van der Waals surface area contributed by atoms with E-state index in [2.05, 4.69) is 16.9 Å². The van der Waals surface area contributed by atoms with Gasteiger partial charge in [-0.3, -0.25) is 4.98 Å². The molecule has 1 N–H and O–H groups in total. The van der Waals surface area contributed by atoms with Crippen LogP contribution in [0, 0.1) is 11.3 Å². The molecule has 78 valence electrons. The third kappa shape index (κ3) is 1.92. The second kappa shape index (κ2) is 3.87. The second-order valence-corrected chi connectivity index (χ2v) is 3.99. The van der Waals surface area contributed by atoms with Crippen molar-refractivity contribution < 1.29 is 5.11 Å². The van der Waals surface area contributed by atoms with Crippen LogP contribution >= 0.6 is 0 Å². The smallest absolute Gasteiger partial charge is 0.151 e. The maximum atomic E-state index is 9.33. The standard InChI is InChI=1S/C11H13N3O/c1-14-3-2-8(7-14)10-4-9(5-12)11(15)6-13-10/h4,6,8,15H,2-3,7H2,1H3. The van der Waals surface area contributed by atoms with E-state index in [1.165, 1.54) is 6.20 Å². The molecule has 0 bridgehead atoms. The lowest BCUT2D eigenvalue weighted by Gasteiger charge is -2.10. The average Bonchev–Trinajstić information content (AvgIpc) is 2.66. The highest BCUT2D eigenvalue weighted by atomic mass is 16.3. The number of nitriles is 1. The van der Waals surface area contributed by atoms with Crippen LogP contribution in [0.1, 0.15) is 23.6 Å². The normalized spacial score (nSPS) is 21.5. The van der Waals surface area contributed by atoms with Crippen molar-refractivity contribution in [2.45, 2.75) is 12.3 Å². The molecule has 0 saturated carbocycles. The minimum atomic E-state index is -0.0346. The number of aromatic hydroxyl groups is 1. The molecule has 1 fully saturated rings. The fraction of sp³-hybridized carbons (Fsp3) is 0.455. The SMILES string of the molecule is CN1CCC(c2cc(C#N)c(O)cn2)C1. The fourth-order valence-electron chi connectivity index (χ4n) is 1.95. The van der Waals surface area contributed by atoms with E-state index in [1.54, 1.807) is 6.07 Å². The molecular formula is C11H13N3O. The third-order valence-electron chi connectivity index (χ3n) is 2.83. The molecule has 0 aliphatic carbocycles. The van der Waals surface area contributed by atoms with E-state index >= 15 is 0 Å². The third-order valence-corrected chi connectivity index (χ3v) is 2.83. The van der Waals surface area contributed by atoms with Gasteiger partial charge in [0.05, 0.1) is 11.8 Å².